The van der Waals surface area contributed by atoms with Crippen LogP contribution in [0.3, 0.4) is 0 Å². The van der Waals surface area contributed by atoms with Crippen LogP contribution < -0.4 is 5.32 Å². The van der Waals surface area contributed by atoms with Crippen molar-refractivity contribution in [3.05, 3.63) is 86.5 Å². The minimum atomic E-state index is 0.0508. The lowest BCUT2D eigenvalue weighted by Gasteiger charge is -2.32. The summed E-state index contributed by atoms with van der Waals surface area (Å²) in [6.07, 6.45) is 7.57. The van der Waals surface area contributed by atoms with Crippen LogP contribution in [-0.4, -0.2) is 11.4 Å². The second kappa shape index (κ2) is 8.14. The van der Waals surface area contributed by atoms with Crippen molar-refractivity contribution in [2.45, 2.75) is 25.3 Å². The molecule has 0 saturated heterocycles. The van der Waals surface area contributed by atoms with Gasteiger partial charge < -0.3 is 5.32 Å². The zero-order chi connectivity index (χ0) is 18.8. The van der Waals surface area contributed by atoms with Crippen LogP contribution in [0.2, 0.25) is 10.0 Å². The van der Waals surface area contributed by atoms with Crippen LogP contribution in [0.4, 0.5) is 0 Å². The van der Waals surface area contributed by atoms with Crippen LogP contribution in [0.5, 0.6) is 0 Å². The molecule has 2 aliphatic rings. The van der Waals surface area contributed by atoms with Gasteiger partial charge in [0.1, 0.15) is 6.04 Å². The molecule has 1 unspecified atom stereocenters. The third-order valence-corrected chi connectivity index (χ3v) is 6.03. The van der Waals surface area contributed by atoms with Gasteiger partial charge >= 0.3 is 0 Å². The van der Waals surface area contributed by atoms with Gasteiger partial charge in [-0.15, -0.1) is 0 Å². The maximum absolute atomic E-state index is 6.09. The molecule has 1 N–H and O–H groups in total. The van der Waals surface area contributed by atoms with Crippen molar-refractivity contribution in [2.24, 2.45) is 4.99 Å². The normalized spacial score (nSPS) is 20.9. The van der Waals surface area contributed by atoms with Crippen molar-refractivity contribution in [2.75, 3.05) is 6.26 Å². The Morgan fingerprint density at radius 3 is 2.33 bits per heavy atom. The maximum Gasteiger partial charge on any atom is 0.161 e. The second-order valence-corrected chi connectivity index (χ2v) is 8.36. The number of nitrogens with one attached hydrogen (secondary N) is 1. The summed E-state index contributed by atoms with van der Waals surface area (Å²) in [6.45, 7) is 0. The van der Waals surface area contributed by atoms with Gasteiger partial charge in [-0.3, -0.25) is 0 Å². The molecule has 1 aliphatic carbocycles. The predicted octanol–water partition coefficient (Wildman–Crippen LogP) is 6.88. The van der Waals surface area contributed by atoms with Gasteiger partial charge in [-0.1, -0.05) is 59.2 Å². The smallest absolute Gasteiger partial charge is 0.161 e. The van der Waals surface area contributed by atoms with Gasteiger partial charge in [-0.05, 0) is 78.1 Å². The van der Waals surface area contributed by atoms with Crippen molar-refractivity contribution in [3.63, 3.8) is 0 Å². The predicted molar refractivity (Wildman–Crippen MR) is 119 cm³/mol. The van der Waals surface area contributed by atoms with E-state index in [2.05, 4.69) is 41.9 Å². The Morgan fingerprint density at radius 2 is 1.67 bits per heavy atom. The minimum absolute atomic E-state index is 0.0508. The first-order valence-corrected chi connectivity index (χ1v) is 11.0. The highest BCUT2D eigenvalue weighted by molar-refractivity contribution is 8.13. The molecule has 27 heavy (non-hydrogen) atoms. The SMILES string of the molecule is CSC1=NC(c2ccc(Cl)cc2)C2=C(N1)C(=Cc1ccc(Cl)cc1)CCC2. The van der Waals surface area contributed by atoms with Gasteiger partial charge in [0.2, 0.25) is 0 Å². The van der Waals surface area contributed by atoms with Crippen molar-refractivity contribution in [3.8, 4) is 0 Å². The number of hydrogen-bond acceptors (Lipinski definition) is 3. The van der Waals surface area contributed by atoms with Crippen molar-refractivity contribution < 1.29 is 0 Å². The summed E-state index contributed by atoms with van der Waals surface area (Å²) < 4.78 is 0. The fourth-order valence-corrected chi connectivity index (χ4v) is 4.29. The molecule has 4 rings (SSSR count). The summed E-state index contributed by atoms with van der Waals surface area (Å²) in [5, 5.41) is 6.04. The summed E-state index contributed by atoms with van der Waals surface area (Å²) in [5.74, 6) is 0. The second-order valence-electron chi connectivity index (χ2n) is 6.69. The van der Waals surface area contributed by atoms with Crippen LogP contribution in [0.25, 0.3) is 6.08 Å². The molecule has 2 aromatic carbocycles. The van der Waals surface area contributed by atoms with E-state index in [1.165, 1.54) is 28.0 Å². The summed E-state index contributed by atoms with van der Waals surface area (Å²) in [4.78, 5) is 4.96. The Morgan fingerprint density at radius 1 is 1.00 bits per heavy atom. The molecular weight excluding hydrogens is 395 g/mol. The lowest BCUT2D eigenvalue weighted by molar-refractivity contribution is 0.660. The molecule has 5 heteroatoms. The Labute approximate surface area is 174 Å². The number of hydrogen-bond donors (Lipinski definition) is 1. The van der Waals surface area contributed by atoms with Gasteiger partial charge in [-0.25, -0.2) is 4.99 Å². The highest BCUT2D eigenvalue weighted by Crippen LogP contribution is 2.41. The van der Waals surface area contributed by atoms with Gasteiger partial charge in [0, 0.05) is 15.7 Å². The average molecular weight is 415 g/mol. The summed E-state index contributed by atoms with van der Waals surface area (Å²) in [6, 6.07) is 16.1. The number of rotatable bonds is 2. The Kier molecular flexibility index (Phi) is 5.63. The molecule has 0 radical (unpaired) electrons. The van der Waals surface area contributed by atoms with E-state index in [0.717, 1.165) is 34.5 Å². The number of benzene rings is 2. The average Bonchev–Trinajstić information content (AvgIpc) is 2.70. The maximum atomic E-state index is 6.09. The van der Waals surface area contributed by atoms with Crippen LogP contribution in [0.15, 0.2) is 70.4 Å². The molecule has 0 bridgehead atoms. The van der Waals surface area contributed by atoms with E-state index in [4.69, 9.17) is 28.2 Å². The Balaban J connectivity index is 1.76. The fourth-order valence-electron chi connectivity index (χ4n) is 3.62. The van der Waals surface area contributed by atoms with E-state index in [1.807, 2.05) is 24.3 Å². The number of halogens is 2. The standard InChI is InChI=1S/C22H20Cl2N2S/c1-27-22-25-20(15-7-11-18(24)12-8-15)19-4-2-3-16(21(19)26-22)13-14-5-9-17(23)10-6-14/h5-13,20H,2-4H2,1H3,(H,25,26). The number of thioether (sulfide) groups is 1. The fraction of sp³-hybridized carbons (Fsp3) is 0.227. The summed E-state index contributed by atoms with van der Waals surface area (Å²) in [7, 11) is 0. The van der Waals surface area contributed by atoms with E-state index >= 15 is 0 Å². The minimum Gasteiger partial charge on any atom is -0.335 e. The topological polar surface area (TPSA) is 24.4 Å². The highest BCUT2D eigenvalue weighted by atomic mass is 35.5. The molecule has 0 saturated carbocycles. The summed E-state index contributed by atoms with van der Waals surface area (Å²) >= 11 is 13.8. The van der Waals surface area contributed by atoms with E-state index in [-0.39, 0.29) is 6.04 Å². The zero-order valence-electron chi connectivity index (χ0n) is 15.0. The lowest BCUT2D eigenvalue weighted by Crippen LogP contribution is -2.30. The molecule has 0 fully saturated rings. The number of nitrogens with zero attached hydrogens (tertiary/aromatic N) is 1. The molecule has 0 spiro atoms. The number of amidine groups is 1. The number of allylic oxidation sites excluding steroid dienone is 1. The first-order valence-electron chi connectivity index (χ1n) is 8.98. The van der Waals surface area contributed by atoms with Gasteiger partial charge in [0.05, 0.1) is 0 Å². The largest absolute Gasteiger partial charge is 0.335 e. The third kappa shape index (κ3) is 4.11. The number of aliphatic imine (C=N–C) groups is 1. The van der Waals surface area contributed by atoms with E-state index in [0.29, 0.717) is 0 Å². The lowest BCUT2D eigenvalue weighted by atomic mass is 9.84. The summed E-state index contributed by atoms with van der Waals surface area (Å²) in [5.41, 5.74) is 6.28. The zero-order valence-corrected chi connectivity index (χ0v) is 17.3. The molecule has 0 aromatic heterocycles. The molecule has 1 atom stereocenters. The van der Waals surface area contributed by atoms with Gasteiger partial charge in [0.25, 0.3) is 0 Å². The Bertz CT molecular complexity index is 928. The van der Waals surface area contributed by atoms with Gasteiger partial charge in [-0.2, -0.15) is 0 Å². The van der Waals surface area contributed by atoms with Crippen LogP contribution in [0, 0.1) is 0 Å². The van der Waals surface area contributed by atoms with Crippen molar-refractivity contribution >= 4 is 46.2 Å². The first kappa shape index (κ1) is 18.7. The molecule has 0 amide bonds. The molecule has 138 valence electrons. The molecular formula is C22H20Cl2N2S. The quantitative estimate of drug-likeness (QED) is 0.578. The molecule has 1 aliphatic heterocycles. The van der Waals surface area contributed by atoms with E-state index < -0.39 is 0 Å². The van der Waals surface area contributed by atoms with Crippen molar-refractivity contribution in [1.29, 1.82) is 0 Å². The van der Waals surface area contributed by atoms with Crippen LogP contribution in [0.1, 0.15) is 36.4 Å². The van der Waals surface area contributed by atoms with E-state index in [9.17, 15) is 0 Å². The van der Waals surface area contributed by atoms with Crippen LogP contribution in [-0.2, 0) is 0 Å². The van der Waals surface area contributed by atoms with Gasteiger partial charge in [0.15, 0.2) is 5.17 Å². The Hall–Kier alpha value is -1.68. The van der Waals surface area contributed by atoms with E-state index in [1.54, 1.807) is 11.8 Å². The van der Waals surface area contributed by atoms with Crippen molar-refractivity contribution in [1.82, 2.24) is 5.32 Å². The monoisotopic (exact) mass is 414 g/mol. The first-order chi connectivity index (χ1) is 13.1. The van der Waals surface area contributed by atoms with Crippen LogP contribution >= 0.6 is 35.0 Å². The third-order valence-electron chi connectivity index (χ3n) is 4.93. The molecule has 2 aromatic rings. The highest BCUT2D eigenvalue weighted by Gasteiger charge is 2.29. The molecule has 1 heterocycles. The molecule has 2 nitrogen and oxygen atoms in total.